The van der Waals surface area contributed by atoms with Crippen molar-refractivity contribution in [2.75, 3.05) is 0 Å². The summed E-state index contributed by atoms with van der Waals surface area (Å²) in [6.45, 7) is 3.29. The number of hydrogen-bond acceptors (Lipinski definition) is 2. The molecule has 19 heavy (non-hydrogen) atoms. The van der Waals surface area contributed by atoms with Gasteiger partial charge in [-0.3, -0.25) is 4.79 Å². The van der Waals surface area contributed by atoms with Crippen LogP contribution < -0.4 is 4.74 Å². The van der Waals surface area contributed by atoms with Crippen molar-refractivity contribution < 1.29 is 9.53 Å². The highest BCUT2D eigenvalue weighted by molar-refractivity contribution is 14.1. The molecule has 0 spiro atoms. The summed E-state index contributed by atoms with van der Waals surface area (Å²) in [6.07, 6.45) is -0.399. The van der Waals surface area contributed by atoms with Gasteiger partial charge in [0.1, 0.15) is 5.75 Å². The lowest BCUT2D eigenvalue weighted by atomic mass is 10.1. The fraction of sp³-hybridized carbons (Fsp3) is 0.188. The largest absolute Gasteiger partial charge is 0.483 e. The molecule has 98 valence electrons. The molecule has 0 saturated heterocycles. The maximum absolute atomic E-state index is 11.1. The lowest BCUT2D eigenvalue weighted by molar-refractivity contribution is -0.122. The first-order valence-electron chi connectivity index (χ1n) is 6.09. The minimum atomic E-state index is -0.399. The number of Topliss-reactive ketones (excluding diaryl/α,β-unsaturated/α-hetero) is 1. The predicted molar refractivity (Wildman–Crippen MR) is 85.4 cm³/mol. The summed E-state index contributed by atoms with van der Waals surface area (Å²) in [5, 5.41) is 0. The Kier molecular flexibility index (Phi) is 4.58. The zero-order valence-electron chi connectivity index (χ0n) is 10.9. The normalized spacial score (nSPS) is 11.9. The summed E-state index contributed by atoms with van der Waals surface area (Å²) in [7, 11) is 0. The molecule has 2 aromatic carbocycles. The van der Waals surface area contributed by atoms with E-state index in [4.69, 9.17) is 4.74 Å². The van der Waals surface area contributed by atoms with Crippen LogP contribution in [-0.4, -0.2) is 11.9 Å². The maximum atomic E-state index is 11.1. The third kappa shape index (κ3) is 3.80. The van der Waals surface area contributed by atoms with Gasteiger partial charge in [-0.15, -0.1) is 0 Å². The van der Waals surface area contributed by atoms with Gasteiger partial charge in [0.05, 0.1) is 0 Å². The van der Waals surface area contributed by atoms with Crippen LogP contribution >= 0.6 is 22.6 Å². The van der Waals surface area contributed by atoms with Crippen LogP contribution in [0.1, 0.15) is 13.8 Å². The van der Waals surface area contributed by atoms with Crippen LogP contribution in [0.3, 0.4) is 0 Å². The highest BCUT2D eigenvalue weighted by atomic mass is 127. The van der Waals surface area contributed by atoms with E-state index in [1.807, 2.05) is 24.3 Å². The Hall–Kier alpha value is -1.36. The van der Waals surface area contributed by atoms with Gasteiger partial charge in [0, 0.05) is 3.57 Å². The number of rotatable bonds is 4. The van der Waals surface area contributed by atoms with Gasteiger partial charge in [-0.2, -0.15) is 0 Å². The van der Waals surface area contributed by atoms with Crippen molar-refractivity contribution in [2.24, 2.45) is 0 Å². The molecular weight excluding hydrogens is 351 g/mol. The zero-order chi connectivity index (χ0) is 13.8. The van der Waals surface area contributed by atoms with Crippen LogP contribution in [0.25, 0.3) is 11.1 Å². The quantitative estimate of drug-likeness (QED) is 0.754. The summed E-state index contributed by atoms with van der Waals surface area (Å²) in [6, 6.07) is 16.1. The summed E-state index contributed by atoms with van der Waals surface area (Å²) in [4.78, 5) is 11.1. The van der Waals surface area contributed by atoms with Crippen molar-refractivity contribution in [1.29, 1.82) is 0 Å². The highest BCUT2D eigenvalue weighted by Gasteiger charge is 2.08. The van der Waals surface area contributed by atoms with Gasteiger partial charge in [-0.1, -0.05) is 24.3 Å². The van der Waals surface area contributed by atoms with Gasteiger partial charge in [-0.25, -0.2) is 0 Å². The number of benzene rings is 2. The molecule has 0 saturated carbocycles. The standard InChI is InChI=1S/C16H15IO2/c1-11(18)12(2)19-16-9-5-14(6-10-16)13-3-7-15(17)8-4-13/h3-10,12H,1-2H3/t12-/m0/s1. The van der Waals surface area contributed by atoms with Gasteiger partial charge in [0.2, 0.25) is 0 Å². The number of ether oxygens (including phenoxy) is 1. The Morgan fingerprint density at radius 2 is 1.47 bits per heavy atom. The van der Waals surface area contributed by atoms with Crippen molar-refractivity contribution >= 4 is 28.4 Å². The molecule has 0 heterocycles. The third-order valence-electron chi connectivity index (χ3n) is 2.92. The van der Waals surface area contributed by atoms with E-state index < -0.39 is 6.10 Å². The number of carbonyl (C=O) groups is 1. The van der Waals surface area contributed by atoms with Crippen molar-refractivity contribution in [3.63, 3.8) is 0 Å². The van der Waals surface area contributed by atoms with E-state index >= 15 is 0 Å². The third-order valence-corrected chi connectivity index (χ3v) is 3.64. The van der Waals surface area contributed by atoms with Crippen molar-refractivity contribution in [3.05, 3.63) is 52.1 Å². The number of carbonyl (C=O) groups excluding carboxylic acids is 1. The minimum Gasteiger partial charge on any atom is -0.483 e. The van der Waals surface area contributed by atoms with Crippen LogP contribution in [0.2, 0.25) is 0 Å². The number of ketones is 1. The van der Waals surface area contributed by atoms with E-state index in [1.54, 1.807) is 6.92 Å². The first-order chi connectivity index (χ1) is 9.06. The first kappa shape index (κ1) is 14.1. The van der Waals surface area contributed by atoms with Crippen molar-refractivity contribution in [2.45, 2.75) is 20.0 Å². The van der Waals surface area contributed by atoms with E-state index in [2.05, 4.69) is 46.9 Å². The Bertz CT molecular complexity index is 558. The average molecular weight is 366 g/mol. The molecule has 1 atom stereocenters. The van der Waals surface area contributed by atoms with E-state index in [0.717, 1.165) is 11.3 Å². The van der Waals surface area contributed by atoms with Crippen molar-refractivity contribution in [1.82, 2.24) is 0 Å². The molecule has 0 aliphatic carbocycles. The molecule has 2 nitrogen and oxygen atoms in total. The molecule has 0 aromatic heterocycles. The topological polar surface area (TPSA) is 26.3 Å². The zero-order valence-corrected chi connectivity index (χ0v) is 13.0. The summed E-state index contributed by atoms with van der Waals surface area (Å²) in [5.74, 6) is 0.749. The maximum Gasteiger partial charge on any atom is 0.169 e. The molecule has 2 rings (SSSR count). The predicted octanol–water partition coefficient (Wildman–Crippen LogP) is 4.31. The second kappa shape index (κ2) is 6.19. The highest BCUT2D eigenvalue weighted by Crippen LogP contribution is 2.23. The monoisotopic (exact) mass is 366 g/mol. The average Bonchev–Trinajstić information content (AvgIpc) is 2.40. The van der Waals surface area contributed by atoms with Crippen LogP contribution in [-0.2, 0) is 4.79 Å². The molecule has 2 aromatic rings. The summed E-state index contributed by atoms with van der Waals surface area (Å²) < 4.78 is 6.75. The Morgan fingerprint density at radius 1 is 1.00 bits per heavy atom. The Labute approximate surface area is 126 Å². The molecule has 3 heteroatoms. The molecule has 0 bridgehead atoms. The lowest BCUT2D eigenvalue weighted by Crippen LogP contribution is -2.20. The summed E-state index contributed by atoms with van der Waals surface area (Å²) in [5.41, 5.74) is 2.31. The molecule has 0 radical (unpaired) electrons. The van der Waals surface area contributed by atoms with Crippen LogP contribution in [0.15, 0.2) is 48.5 Å². The van der Waals surface area contributed by atoms with Crippen LogP contribution in [0.4, 0.5) is 0 Å². The van der Waals surface area contributed by atoms with Crippen molar-refractivity contribution in [3.8, 4) is 16.9 Å². The van der Waals surface area contributed by atoms with Gasteiger partial charge in [-0.05, 0) is 71.8 Å². The van der Waals surface area contributed by atoms with Gasteiger partial charge in [0.25, 0.3) is 0 Å². The SMILES string of the molecule is CC(=O)[C@H](C)Oc1ccc(-c2ccc(I)cc2)cc1. The fourth-order valence-electron chi connectivity index (χ4n) is 1.66. The van der Waals surface area contributed by atoms with E-state index in [0.29, 0.717) is 0 Å². The second-order valence-electron chi connectivity index (χ2n) is 4.40. The van der Waals surface area contributed by atoms with Crippen LogP contribution in [0.5, 0.6) is 5.75 Å². The van der Waals surface area contributed by atoms with E-state index in [9.17, 15) is 4.79 Å². The van der Waals surface area contributed by atoms with Gasteiger partial charge in [0.15, 0.2) is 11.9 Å². The van der Waals surface area contributed by atoms with E-state index in [1.165, 1.54) is 16.1 Å². The molecule has 0 unspecified atom stereocenters. The lowest BCUT2D eigenvalue weighted by Gasteiger charge is -2.12. The number of halogens is 1. The second-order valence-corrected chi connectivity index (χ2v) is 5.65. The molecule has 0 aliphatic heterocycles. The van der Waals surface area contributed by atoms with Gasteiger partial charge >= 0.3 is 0 Å². The van der Waals surface area contributed by atoms with Gasteiger partial charge < -0.3 is 4.74 Å². The minimum absolute atomic E-state index is 0.0294. The molecular formula is C16H15IO2. The van der Waals surface area contributed by atoms with E-state index in [-0.39, 0.29) is 5.78 Å². The Balaban J connectivity index is 2.14. The molecule has 0 N–H and O–H groups in total. The fourth-order valence-corrected chi connectivity index (χ4v) is 2.01. The summed E-state index contributed by atoms with van der Waals surface area (Å²) >= 11 is 2.29. The molecule has 0 amide bonds. The number of hydrogen-bond donors (Lipinski definition) is 0. The smallest absolute Gasteiger partial charge is 0.169 e. The first-order valence-corrected chi connectivity index (χ1v) is 7.17. The molecule has 0 aliphatic rings. The molecule has 0 fully saturated rings. The van der Waals surface area contributed by atoms with Crippen LogP contribution in [0, 0.1) is 3.57 Å². The Morgan fingerprint density at radius 3 is 1.95 bits per heavy atom.